The maximum absolute atomic E-state index is 13.3. The van der Waals surface area contributed by atoms with Gasteiger partial charge in [0.05, 0.1) is 13.2 Å². The average molecular weight is 443 g/mol. The van der Waals surface area contributed by atoms with Crippen molar-refractivity contribution in [2.75, 3.05) is 39.8 Å². The second-order valence-corrected chi connectivity index (χ2v) is 11.1. The Bertz CT molecular complexity index is 1030. The number of fused-ring (bicyclic) bond motifs is 1. The molecule has 0 aliphatic carbocycles. The minimum Gasteiger partial charge on any atom is -0.497 e. The molecule has 0 aromatic heterocycles. The van der Waals surface area contributed by atoms with Crippen molar-refractivity contribution >= 4 is 10.0 Å². The van der Waals surface area contributed by atoms with Crippen molar-refractivity contribution in [3.8, 4) is 5.75 Å². The first-order valence-corrected chi connectivity index (χ1v) is 12.5. The summed E-state index contributed by atoms with van der Waals surface area (Å²) in [5.74, 6) is 0.796. The van der Waals surface area contributed by atoms with Crippen LogP contribution in [-0.4, -0.2) is 74.4 Å². The minimum atomic E-state index is -3.35. The lowest BCUT2D eigenvalue weighted by Gasteiger charge is -2.39. The zero-order valence-corrected chi connectivity index (χ0v) is 18.8. The zero-order chi connectivity index (χ0) is 21.5. The molecule has 3 aliphatic heterocycles. The van der Waals surface area contributed by atoms with Gasteiger partial charge in [-0.15, -0.1) is 0 Å². The molecule has 0 radical (unpaired) electrons. The number of morpholine rings is 1. The van der Waals surface area contributed by atoms with Crippen LogP contribution in [0.3, 0.4) is 0 Å². The summed E-state index contributed by atoms with van der Waals surface area (Å²) in [5.41, 5.74) is 1.80. The van der Waals surface area contributed by atoms with E-state index in [1.54, 1.807) is 11.4 Å². The predicted molar refractivity (Wildman–Crippen MR) is 120 cm³/mol. The molecule has 0 saturated carbocycles. The first-order chi connectivity index (χ1) is 15.0. The van der Waals surface area contributed by atoms with Gasteiger partial charge in [0.2, 0.25) is 10.0 Å². The SMILES string of the molecule is COc1cccc(CCN2C[C@@]34CN(CCc5ccccc5)C[C@@H](C[C@@H]3S2(=O)=O)O4)c1. The summed E-state index contributed by atoms with van der Waals surface area (Å²) in [6, 6.07) is 18.3. The normalized spacial score (nSPS) is 29.7. The quantitative estimate of drug-likeness (QED) is 0.659. The Labute approximate surface area is 184 Å². The van der Waals surface area contributed by atoms with E-state index in [4.69, 9.17) is 9.47 Å². The van der Waals surface area contributed by atoms with Gasteiger partial charge in [-0.05, 0) is 42.5 Å². The van der Waals surface area contributed by atoms with Crippen LogP contribution in [0, 0.1) is 0 Å². The lowest BCUT2D eigenvalue weighted by molar-refractivity contribution is -0.107. The van der Waals surface area contributed by atoms with Gasteiger partial charge in [0.1, 0.15) is 16.6 Å². The van der Waals surface area contributed by atoms with Crippen LogP contribution in [0.2, 0.25) is 0 Å². The third-order valence-electron chi connectivity index (χ3n) is 6.93. The van der Waals surface area contributed by atoms with Crippen molar-refractivity contribution in [2.24, 2.45) is 0 Å². The molecule has 2 bridgehead atoms. The van der Waals surface area contributed by atoms with E-state index in [9.17, 15) is 8.42 Å². The van der Waals surface area contributed by atoms with Crippen LogP contribution in [-0.2, 0) is 27.6 Å². The molecule has 3 fully saturated rings. The molecule has 31 heavy (non-hydrogen) atoms. The number of likely N-dealkylation sites (tertiary alicyclic amines) is 1. The monoisotopic (exact) mass is 442 g/mol. The smallest absolute Gasteiger partial charge is 0.220 e. The van der Waals surface area contributed by atoms with Gasteiger partial charge in [-0.3, -0.25) is 4.90 Å². The fraction of sp³-hybridized carbons (Fsp3) is 0.500. The van der Waals surface area contributed by atoms with Crippen molar-refractivity contribution in [2.45, 2.75) is 36.2 Å². The summed E-state index contributed by atoms with van der Waals surface area (Å²) in [6.07, 6.45) is 2.27. The lowest BCUT2D eigenvalue weighted by atomic mass is 9.99. The Morgan fingerprint density at radius 2 is 1.81 bits per heavy atom. The van der Waals surface area contributed by atoms with E-state index in [2.05, 4.69) is 29.2 Å². The van der Waals surface area contributed by atoms with Crippen molar-refractivity contribution in [1.82, 2.24) is 9.21 Å². The Morgan fingerprint density at radius 1 is 1.03 bits per heavy atom. The lowest BCUT2D eigenvalue weighted by Crippen LogP contribution is -2.55. The Kier molecular flexibility index (Phi) is 5.54. The van der Waals surface area contributed by atoms with E-state index in [0.29, 0.717) is 32.5 Å². The average Bonchev–Trinajstić information content (AvgIpc) is 3.16. The molecular formula is C24H30N2O4S. The molecule has 1 spiro atoms. The van der Waals surface area contributed by atoms with E-state index in [1.165, 1.54) is 5.56 Å². The summed E-state index contributed by atoms with van der Waals surface area (Å²) < 4.78 is 40.0. The number of hydrogen-bond acceptors (Lipinski definition) is 5. The fourth-order valence-corrected chi connectivity index (χ4v) is 7.74. The summed E-state index contributed by atoms with van der Waals surface area (Å²) >= 11 is 0. The van der Waals surface area contributed by atoms with E-state index in [0.717, 1.165) is 30.8 Å². The molecule has 6 nitrogen and oxygen atoms in total. The van der Waals surface area contributed by atoms with Crippen LogP contribution < -0.4 is 4.74 Å². The van der Waals surface area contributed by atoms with Crippen molar-refractivity contribution < 1.29 is 17.9 Å². The van der Waals surface area contributed by atoms with Gasteiger partial charge >= 0.3 is 0 Å². The number of rotatable bonds is 7. The second kappa shape index (κ2) is 8.20. The first-order valence-electron chi connectivity index (χ1n) is 11.0. The predicted octanol–water partition coefficient (Wildman–Crippen LogP) is 2.34. The molecule has 3 atom stereocenters. The highest BCUT2D eigenvalue weighted by atomic mass is 32.2. The van der Waals surface area contributed by atoms with Crippen LogP contribution in [0.15, 0.2) is 54.6 Å². The molecule has 2 aromatic carbocycles. The van der Waals surface area contributed by atoms with Crippen LogP contribution in [0.4, 0.5) is 0 Å². The summed E-state index contributed by atoms with van der Waals surface area (Å²) in [7, 11) is -1.71. The Balaban J connectivity index is 1.26. The largest absolute Gasteiger partial charge is 0.497 e. The highest BCUT2D eigenvalue weighted by Gasteiger charge is 2.64. The molecule has 0 N–H and O–H groups in total. The highest BCUT2D eigenvalue weighted by molar-refractivity contribution is 7.90. The molecule has 3 heterocycles. The molecule has 7 heteroatoms. The second-order valence-electron chi connectivity index (χ2n) is 8.98. The Hall–Kier alpha value is -1.93. The molecule has 166 valence electrons. The maximum Gasteiger partial charge on any atom is 0.220 e. The maximum atomic E-state index is 13.3. The van der Waals surface area contributed by atoms with Gasteiger partial charge in [-0.2, -0.15) is 4.31 Å². The fourth-order valence-electron chi connectivity index (χ4n) is 5.43. The van der Waals surface area contributed by atoms with Crippen LogP contribution in [0.25, 0.3) is 0 Å². The molecule has 0 amide bonds. The van der Waals surface area contributed by atoms with Crippen molar-refractivity contribution in [3.63, 3.8) is 0 Å². The highest BCUT2D eigenvalue weighted by Crippen LogP contribution is 2.46. The van der Waals surface area contributed by atoms with E-state index < -0.39 is 20.9 Å². The molecule has 0 unspecified atom stereocenters. The van der Waals surface area contributed by atoms with E-state index in [-0.39, 0.29) is 6.10 Å². The molecule has 3 saturated heterocycles. The van der Waals surface area contributed by atoms with E-state index >= 15 is 0 Å². The standard InChI is InChI=1S/C24H30N2O4S/c1-29-21-9-5-8-20(14-21)11-13-26-18-24-17-25(12-10-19-6-3-2-4-7-19)16-22(30-24)15-23(24)31(26,27)28/h2-9,14,22-23H,10-13,15-18H2,1H3/t22-,23+,24+/m1/s1. The first kappa shape index (κ1) is 20.9. The van der Waals surface area contributed by atoms with Crippen LogP contribution in [0.5, 0.6) is 5.75 Å². The summed E-state index contributed by atoms with van der Waals surface area (Å²) in [4.78, 5) is 2.41. The number of hydrogen-bond donors (Lipinski definition) is 0. The van der Waals surface area contributed by atoms with Gasteiger partial charge < -0.3 is 9.47 Å². The third kappa shape index (κ3) is 4.00. The molecule has 3 aliphatic rings. The molecular weight excluding hydrogens is 412 g/mol. The number of sulfonamides is 1. The topological polar surface area (TPSA) is 59.1 Å². The number of benzene rings is 2. The van der Waals surface area contributed by atoms with Gasteiger partial charge in [0.25, 0.3) is 0 Å². The summed E-state index contributed by atoms with van der Waals surface area (Å²) in [6.45, 7) is 3.39. The molecule has 5 rings (SSSR count). The Morgan fingerprint density at radius 3 is 2.61 bits per heavy atom. The minimum absolute atomic E-state index is 0.0184. The molecule has 2 aromatic rings. The summed E-state index contributed by atoms with van der Waals surface area (Å²) in [5, 5.41) is -0.419. The number of ether oxygens (including phenoxy) is 2. The van der Waals surface area contributed by atoms with Gasteiger partial charge in [-0.1, -0.05) is 42.5 Å². The van der Waals surface area contributed by atoms with Crippen LogP contribution >= 0.6 is 0 Å². The van der Waals surface area contributed by atoms with Crippen LogP contribution in [0.1, 0.15) is 17.5 Å². The number of nitrogens with zero attached hydrogens (tertiary/aromatic N) is 2. The number of methoxy groups -OCH3 is 1. The van der Waals surface area contributed by atoms with Gasteiger partial charge in [0, 0.05) is 32.7 Å². The third-order valence-corrected chi connectivity index (χ3v) is 9.30. The van der Waals surface area contributed by atoms with Crippen molar-refractivity contribution in [1.29, 1.82) is 0 Å². The zero-order valence-electron chi connectivity index (χ0n) is 17.9. The van der Waals surface area contributed by atoms with E-state index in [1.807, 2.05) is 30.3 Å². The van der Waals surface area contributed by atoms with Crippen molar-refractivity contribution in [3.05, 3.63) is 65.7 Å². The van der Waals surface area contributed by atoms with Gasteiger partial charge in [-0.25, -0.2) is 8.42 Å². The van der Waals surface area contributed by atoms with Gasteiger partial charge in [0.15, 0.2) is 0 Å².